The molecule has 20 heavy (non-hydrogen) atoms. The normalized spacial score (nSPS) is 26.5. The third-order valence-corrected chi connectivity index (χ3v) is 4.12. The largest absolute Gasteiger partial charge is 0.312 e. The van der Waals surface area contributed by atoms with Crippen LogP contribution in [0.5, 0.6) is 0 Å². The summed E-state index contributed by atoms with van der Waals surface area (Å²) < 4.78 is 14.2. The first-order chi connectivity index (χ1) is 9.33. The maximum Gasteiger partial charge on any atom is 0.145 e. The summed E-state index contributed by atoms with van der Waals surface area (Å²) in [5.74, 6) is -0.745. The second kappa shape index (κ2) is 5.71. The van der Waals surface area contributed by atoms with E-state index in [4.69, 9.17) is 11.6 Å². The summed E-state index contributed by atoms with van der Waals surface area (Å²) in [6, 6.07) is 7.47. The Morgan fingerprint density at radius 2 is 2.15 bits per heavy atom. The summed E-state index contributed by atoms with van der Waals surface area (Å²) in [6.07, 6.45) is 0.893. The molecule has 0 aliphatic carbocycles. The maximum absolute atomic E-state index is 14.2. The average Bonchev–Trinajstić information content (AvgIpc) is 2.73. The van der Waals surface area contributed by atoms with Gasteiger partial charge >= 0.3 is 0 Å². The van der Waals surface area contributed by atoms with Crippen molar-refractivity contribution in [3.05, 3.63) is 34.6 Å². The van der Waals surface area contributed by atoms with Crippen LogP contribution in [0.4, 0.5) is 4.39 Å². The number of hydrogen-bond acceptors (Lipinski definition) is 2. The van der Waals surface area contributed by atoms with Gasteiger partial charge in [0.2, 0.25) is 0 Å². The van der Waals surface area contributed by atoms with Crippen LogP contribution in [-0.2, 0) is 0 Å². The monoisotopic (exact) mass is 294 g/mol. The number of halogens is 2. The SMILES string of the molecule is CC(C)(C)CC1NCC(c2cccc(Cl)c2F)C1C#N. The molecule has 108 valence electrons. The van der Waals surface area contributed by atoms with E-state index < -0.39 is 5.82 Å². The van der Waals surface area contributed by atoms with E-state index in [9.17, 15) is 9.65 Å². The molecule has 1 aliphatic rings. The zero-order chi connectivity index (χ0) is 14.9. The Bertz CT molecular complexity index is 530. The molecular formula is C16H20ClFN2. The summed E-state index contributed by atoms with van der Waals surface area (Å²) in [4.78, 5) is 0. The number of nitrogens with zero attached hydrogens (tertiary/aromatic N) is 1. The van der Waals surface area contributed by atoms with E-state index >= 15 is 0 Å². The Balaban J connectivity index is 2.26. The van der Waals surface area contributed by atoms with Gasteiger partial charge in [-0.05, 0) is 23.5 Å². The lowest BCUT2D eigenvalue weighted by Crippen LogP contribution is -2.31. The molecule has 2 nitrogen and oxygen atoms in total. The smallest absolute Gasteiger partial charge is 0.145 e. The molecule has 0 radical (unpaired) electrons. The van der Waals surface area contributed by atoms with Gasteiger partial charge in [-0.3, -0.25) is 0 Å². The van der Waals surface area contributed by atoms with Crippen molar-refractivity contribution >= 4 is 11.6 Å². The van der Waals surface area contributed by atoms with Crippen LogP contribution in [0.1, 0.15) is 38.7 Å². The molecule has 0 aromatic heterocycles. The third kappa shape index (κ3) is 3.13. The topological polar surface area (TPSA) is 35.8 Å². The van der Waals surface area contributed by atoms with Crippen molar-refractivity contribution in [2.24, 2.45) is 11.3 Å². The Kier molecular flexibility index (Phi) is 4.36. The fourth-order valence-corrected chi connectivity index (χ4v) is 3.14. The average molecular weight is 295 g/mol. The Morgan fingerprint density at radius 1 is 1.45 bits per heavy atom. The van der Waals surface area contributed by atoms with Crippen LogP contribution in [0.15, 0.2) is 18.2 Å². The van der Waals surface area contributed by atoms with Gasteiger partial charge in [-0.1, -0.05) is 44.5 Å². The fourth-order valence-electron chi connectivity index (χ4n) is 2.96. The molecule has 0 bridgehead atoms. The first kappa shape index (κ1) is 15.3. The van der Waals surface area contributed by atoms with Gasteiger partial charge < -0.3 is 5.32 Å². The lowest BCUT2D eigenvalue weighted by molar-refractivity contribution is 0.304. The zero-order valence-corrected chi connectivity index (χ0v) is 12.8. The predicted octanol–water partition coefficient (Wildman–Crippen LogP) is 4.11. The van der Waals surface area contributed by atoms with Gasteiger partial charge in [0.1, 0.15) is 5.82 Å². The summed E-state index contributed by atoms with van der Waals surface area (Å²) >= 11 is 5.85. The van der Waals surface area contributed by atoms with Crippen molar-refractivity contribution < 1.29 is 4.39 Å². The highest BCUT2D eigenvalue weighted by molar-refractivity contribution is 6.30. The molecular weight excluding hydrogens is 275 g/mol. The molecule has 1 fully saturated rings. The maximum atomic E-state index is 14.2. The molecule has 1 saturated heterocycles. The van der Waals surface area contributed by atoms with E-state index in [0.717, 1.165) is 6.42 Å². The molecule has 3 atom stereocenters. The minimum atomic E-state index is -0.391. The molecule has 0 saturated carbocycles. The summed E-state index contributed by atoms with van der Waals surface area (Å²) in [6.45, 7) is 7.07. The standard InChI is InChI=1S/C16H20ClFN2/c1-16(2,3)7-14-11(8-19)12(9-20-14)10-5-4-6-13(17)15(10)18/h4-6,11-12,14,20H,7,9H2,1-3H3. The van der Waals surface area contributed by atoms with Gasteiger partial charge in [-0.15, -0.1) is 0 Å². The van der Waals surface area contributed by atoms with Crippen molar-refractivity contribution in [1.29, 1.82) is 5.26 Å². The Hall–Kier alpha value is -1.11. The van der Waals surface area contributed by atoms with Gasteiger partial charge in [0.15, 0.2) is 0 Å². The summed E-state index contributed by atoms with van der Waals surface area (Å²) in [5, 5.41) is 13.0. The fraction of sp³-hybridized carbons (Fsp3) is 0.562. The minimum absolute atomic E-state index is 0.100. The van der Waals surface area contributed by atoms with Crippen LogP contribution in [-0.4, -0.2) is 12.6 Å². The third-order valence-electron chi connectivity index (χ3n) is 3.83. The van der Waals surface area contributed by atoms with E-state index in [2.05, 4.69) is 32.2 Å². The van der Waals surface area contributed by atoms with E-state index in [1.165, 1.54) is 6.07 Å². The predicted molar refractivity (Wildman–Crippen MR) is 79.1 cm³/mol. The lowest BCUT2D eigenvalue weighted by atomic mass is 9.79. The van der Waals surface area contributed by atoms with Gasteiger partial charge in [0.05, 0.1) is 17.0 Å². The molecule has 3 unspecified atom stereocenters. The lowest BCUT2D eigenvalue weighted by Gasteiger charge is -2.26. The molecule has 0 spiro atoms. The van der Waals surface area contributed by atoms with Crippen molar-refractivity contribution in [1.82, 2.24) is 5.32 Å². The number of nitriles is 1. The minimum Gasteiger partial charge on any atom is -0.312 e. The van der Waals surface area contributed by atoms with Crippen LogP contribution >= 0.6 is 11.6 Å². The van der Waals surface area contributed by atoms with E-state index in [1.807, 2.05) is 0 Å². The first-order valence-electron chi connectivity index (χ1n) is 6.90. The van der Waals surface area contributed by atoms with E-state index in [1.54, 1.807) is 12.1 Å². The second-order valence-corrected chi connectivity index (χ2v) is 7.09. The van der Waals surface area contributed by atoms with Crippen molar-refractivity contribution in [3.63, 3.8) is 0 Å². The molecule has 1 aromatic carbocycles. The van der Waals surface area contributed by atoms with Gasteiger partial charge in [-0.25, -0.2) is 4.39 Å². The van der Waals surface area contributed by atoms with Gasteiger partial charge in [-0.2, -0.15) is 5.26 Å². The summed E-state index contributed by atoms with van der Waals surface area (Å²) in [5.41, 5.74) is 0.683. The number of nitrogens with one attached hydrogen (secondary N) is 1. The molecule has 4 heteroatoms. The van der Waals surface area contributed by atoms with Crippen molar-refractivity contribution in [3.8, 4) is 6.07 Å². The van der Waals surface area contributed by atoms with Crippen molar-refractivity contribution in [2.75, 3.05) is 6.54 Å². The number of rotatable bonds is 2. The van der Waals surface area contributed by atoms with Crippen LogP contribution in [0.2, 0.25) is 5.02 Å². The zero-order valence-electron chi connectivity index (χ0n) is 12.1. The Morgan fingerprint density at radius 3 is 2.75 bits per heavy atom. The molecule has 1 aromatic rings. The quantitative estimate of drug-likeness (QED) is 0.891. The molecule has 1 heterocycles. The van der Waals surface area contributed by atoms with E-state index in [0.29, 0.717) is 12.1 Å². The summed E-state index contributed by atoms with van der Waals surface area (Å²) in [7, 11) is 0. The number of hydrogen-bond donors (Lipinski definition) is 1. The van der Waals surface area contributed by atoms with Crippen LogP contribution in [0.3, 0.4) is 0 Å². The molecule has 2 rings (SSSR count). The molecule has 1 aliphatic heterocycles. The highest BCUT2D eigenvalue weighted by Crippen LogP contribution is 2.38. The molecule has 1 N–H and O–H groups in total. The van der Waals surface area contributed by atoms with Crippen LogP contribution in [0, 0.1) is 28.5 Å². The second-order valence-electron chi connectivity index (χ2n) is 6.68. The highest BCUT2D eigenvalue weighted by atomic mass is 35.5. The first-order valence-corrected chi connectivity index (χ1v) is 7.28. The van der Waals surface area contributed by atoms with Crippen LogP contribution < -0.4 is 5.32 Å². The van der Waals surface area contributed by atoms with Crippen LogP contribution in [0.25, 0.3) is 0 Å². The van der Waals surface area contributed by atoms with E-state index in [-0.39, 0.29) is 28.3 Å². The Labute approximate surface area is 124 Å². The number of benzene rings is 1. The molecule has 0 amide bonds. The van der Waals surface area contributed by atoms with Gasteiger partial charge in [0, 0.05) is 18.5 Å². The highest BCUT2D eigenvalue weighted by Gasteiger charge is 2.39. The van der Waals surface area contributed by atoms with Gasteiger partial charge in [0.25, 0.3) is 0 Å². The van der Waals surface area contributed by atoms with Crippen molar-refractivity contribution in [2.45, 2.75) is 39.2 Å².